The topological polar surface area (TPSA) is 93.4 Å². The maximum absolute atomic E-state index is 14.0. The summed E-state index contributed by atoms with van der Waals surface area (Å²) in [6.07, 6.45) is 3.76. The summed E-state index contributed by atoms with van der Waals surface area (Å²) >= 11 is 0. The third-order valence-corrected chi connectivity index (χ3v) is 5.13. The normalized spacial score (nSPS) is 15.0. The summed E-state index contributed by atoms with van der Waals surface area (Å²) in [4.78, 5) is 24.2. The van der Waals surface area contributed by atoms with Crippen molar-refractivity contribution in [1.82, 2.24) is 14.9 Å². The van der Waals surface area contributed by atoms with Gasteiger partial charge in [-0.25, -0.2) is 14.2 Å². The van der Waals surface area contributed by atoms with Crippen molar-refractivity contribution in [3.63, 3.8) is 0 Å². The molecular weight excluding hydrogens is 385 g/mol. The zero-order chi connectivity index (χ0) is 21.9. The molecule has 3 rings (SSSR count). The smallest absolute Gasteiger partial charge is 0.407 e. The van der Waals surface area contributed by atoms with Gasteiger partial charge in [0.1, 0.15) is 17.7 Å². The molecule has 0 unspecified atom stereocenters. The first-order valence-electron chi connectivity index (χ1n) is 9.94. The van der Waals surface area contributed by atoms with Crippen molar-refractivity contribution >= 4 is 11.9 Å². The van der Waals surface area contributed by atoms with E-state index >= 15 is 0 Å². The molecule has 0 bridgehead atoms. The molecule has 1 N–H and O–H groups in total. The molecule has 0 aliphatic carbocycles. The molecule has 158 valence electrons. The maximum atomic E-state index is 14.0. The average Bonchev–Trinajstić information content (AvgIpc) is 2.71. The summed E-state index contributed by atoms with van der Waals surface area (Å²) in [5, 5.41) is 18.5. The Kier molecular flexibility index (Phi) is 6.20. The Hall–Kier alpha value is -3.21. The fourth-order valence-corrected chi connectivity index (χ4v) is 3.68. The third kappa shape index (κ3) is 5.03. The summed E-state index contributed by atoms with van der Waals surface area (Å²) in [7, 11) is 0. The van der Waals surface area contributed by atoms with E-state index in [1.165, 1.54) is 12.1 Å². The van der Waals surface area contributed by atoms with Crippen molar-refractivity contribution in [1.29, 1.82) is 5.26 Å². The second-order valence-corrected chi connectivity index (χ2v) is 8.76. The Morgan fingerprint density at radius 3 is 2.60 bits per heavy atom. The molecule has 0 spiro atoms. The molecule has 1 saturated heterocycles. The van der Waals surface area contributed by atoms with E-state index in [1.807, 2.05) is 26.8 Å². The van der Waals surface area contributed by atoms with E-state index in [0.717, 1.165) is 0 Å². The molecular formula is C22H26FN5O2. The highest BCUT2D eigenvalue weighted by Gasteiger charge is 2.31. The summed E-state index contributed by atoms with van der Waals surface area (Å²) in [5.41, 5.74) is 0.963. The molecule has 0 radical (unpaired) electrons. The molecule has 0 saturated carbocycles. The molecule has 1 aliphatic rings. The van der Waals surface area contributed by atoms with E-state index in [0.29, 0.717) is 49.6 Å². The van der Waals surface area contributed by atoms with Gasteiger partial charge in [0.15, 0.2) is 0 Å². The molecule has 0 atom stereocenters. The lowest BCUT2D eigenvalue weighted by atomic mass is 9.93. The number of rotatable bonds is 4. The average molecular weight is 411 g/mol. The van der Waals surface area contributed by atoms with Crippen LogP contribution < -0.4 is 4.90 Å². The zero-order valence-corrected chi connectivity index (χ0v) is 17.5. The van der Waals surface area contributed by atoms with Crippen LogP contribution in [0.4, 0.5) is 15.0 Å². The van der Waals surface area contributed by atoms with Crippen LogP contribution in [0.1, 0.15) is 39.2 Å². The molecule has 2 heterocycles. The Morgan fingerprint density at radius 1 is 1.33 bits per heavy atom. The number of piperidine rings is 1. The molecule has 1 aromatic carbocycles. The molecule has 1 aliphatic heterocycles. The highest BCUT2D eigenvalue weighted by molar-refractivity contribution is 5.65. The second kappa shape index (κ2) is 8.66. The van der Waals surface area contributed by atoms with Gasteiger partial charge in [0, 0.05) is 31.2 Å². The molecule has 8 heteroatoms. The first kappa shape index (κ1) is 21.5. The largest absolute Gasteiger partial charge is 0.465 e. The Morgan fingerprint density at radius 2 is 2.03 bits per heavy atom. The van der Waals surface area contributed by atoms with Crippen LogP contribution in [0.25, 0.3) is 11.3 Å². The standard InChI is InChI=1S/C22H26FN5O2/c1-22(2,3)14-28(21(29)30)17-6-8-27(9-7-17)20-13-25-12-19(26-20)15-4-5-16(11-24)18(23)10-15/h4-5,10,12-13,17H,6-9,14H2,1-3H3,(H,29,30). The monoisotopic (exact) mass is 411 g/mol. The van der Waals surface area contributed by atoms with Crippen LogP contribution in [-0.2, 0) is 0 Å². The van der Waals surface area contributed by atoms with Crippen molar-refractivity contribution in [3.05, 3.63) is 42.0 Å². The van der Waals surface area contributed by atoms with E-state index in [1.54, 1.807) is 23.4 Å². The van der Waals surface area contributed by atoms with Gasteiger partial charge in [-0.15, -0.1) is 0 Å². The summed E-state index contributed by atoms with van der Waals surface area (Å²) in [6, 6.07) is 6.15. The van der Waals surface area contributed by atoms with Crippen LogP contribution in [0.15, 0.2) is 30.6 Å². The van der Waals surface area contributed by atoms with E-state index in [-0.39, 0.29) is 17.0 Å². The van der Waals surface area contributed by atoms with Crippen molar-refractivity contribution in [2.24, 2.45) is 5.41 Å². The van der Waals surface area contributed by atoms with Crippen LogP contribution >= 0.6 is 0 Å². The van der Waals surface area contributed by atoms with Gasteiger partial charge >= 0.3 is 6.09 Å². The molecule has 7 nitrogen and oxygen atoms in total. The first-order valence-corrected chi connectivity index (χ1v) is 9.94. The van der Waals surface area contributed by atoms with Crippen molar-refractivity contribution in [3.8, 4) is 17.3 Å². The van der Waals surface area contributed by atoms with Crippen LogP contribution in [0.2, 0.25) is 0 Å². The van der Waals surface area contributed by atoms with Crippen molar-refractivity contribution in [2.75, 3.05) is 24.5 Å². The second-order valence-electron chi connectivity index (χ2n) is 8.76. The minimum Gasteiger partial charge on any atom is -0.465 e. The first-order chi connectivity index (χ1) is 14.2. The van der Waals surface area contributed by atoms with Gasteiger partial charge in [-0.3, -0.25) is 4.98 Å². The third-order valence-electron chi connectivity index (χ3n) is 5.13. The number of carbonyl (C=O) groups is 1. The van der Waals surface area contributed by atoms with Gasteiger partial charge < -0.3 is 14.9 Å². The molecule has 1 fully saturated rings. The van der Waals surface area contributed by atoms with Gasteiger partial charge in [-0.2, -0.15) is 5.26 Å². The summed E-state index contributed by atoms with van der Waals surface area (Å²) < 4.78 is 14.0. The highest BCUT2D eigenvalue weighted by Crippen LogP contribution is 2.26. The Balaban J connectivity index is 1.72. The van der Waals surface area contributed by atoms with Crippen molar-refractivity contribution < 1.29 is 14.3 Å². The van der Waals surface area contributed by atoms with E-state index in [2.05, 4.69) is 14.9 Å². The van der Waals surface area contributed by atoms with Crippen LogP contribution in [0, 0.1) is 22.6 Å². The number of anilines is 1. The number of amides is 1. The van der Waals surface area contributed by atoms with E-state index < -0.39 is 11.9 Å². The molecule has 1 amide bonds. The lowest BCUT2D eigenvalue weighted by Gasteiger charge is -2.40. The number of benzene rings is 1. The number of aromatic nitrogens is 2. The summed E-state index contributed by atoms with van der Waals surface area (Å²) in [5.74, 6) is 0.0871. The SMILES string of the molecule is CC(C)(C)CN(C(=O)O)C1CCN(c2cncc(-c3ccc(C#N)c(F)c3)n2)CC1. The van der Waals surface area contributed by atoms with Crippen molar-refractivity contribution in [2.45, 2.75) is 39.7 Å². The molecule has 2 aromatic rings. The fraction of sp³-hybridized carbons (Fsp3) is 0.455. The van der Waals surface area contributed by atoms with Gasteiger partial charge in [-0.05, 0) is 30.4 Å². The lowest BCUT2D eigenvalue weighted by molar-refractivity contribution is 0.0934. The molecule has 30 heavy (non-hydrogen) atoms. The quantitative estimate of drug-likeness (QED) is 0.812. The minimum atomic E-state index is -0.881. The van der Waals surface area contributed by atoms with Gasteiger partial charge in [0.25, 0.3) is 0 Å². The fourth-order valence-electron chi connectivity index (χ4n) is 3.68. The minimum absolute atomic E-state index is 0.0109. The number of nitrogens with zero attached hydrogens (tertiary/aromatic N) is 5. The highest BCUT2D eigenvalue weighted by atomic mass is 19.1. The number of hydrogen-bond donors (Lipinski definition) is 1. The van der Waals surface area contributed by atoms with Crippen LogP contribution in [-0.4, -0.2) is 51.7 Å². The van der Waals surface area contributed by atoms with Gasteiger partial charge in [0.05, 0.1) is 23.7 Å². The summed E-state index contributed by atoms with van der Waals surface area (Å²) in [6.45, 7) is 7.92. The van der Waals surface area contributed by atoms with Crippen LogP contribution in [0.3, 0.4) is 0 Å². The molecule has 1 aromatic heterocycles. The van der Waals surface area contributed by atoms with Gasteiger partial charge in [0.2, 0.25) is 0 Å². The van der Waals surface area contributed by atoms with Gasteiger partial charge in [-0.1, -0.05) is 26.8 Å². The van der Waals surface area contributed by atoms with E-state index in [4.69, 9.17) is 5.26 Å². The van der Waals surface area contributed by atoms with E-state index in [9.17, 15) is 14.3 Å². The maximum Gasteiger partial charge on any atom is 0.407 e. The van der Waals surface area contributed by atoms with Crippen LogP contribution in [0.5, 0.6) is 0 Å². The number of hydrogen-bond acceptors (Lipinski definition) is 5. The predicted octanol–water partition coefficient (Wildman–Crippen LogP) is 4.15. The Bertz CT molecular complexity index is 959. The number of carboxylic acid groups (broad SMARTS) is 1. The zero-order valence-electron chi connectivity index (χ0n) is 17.5. The number of nitriles is 1. The number of halogens is 1. The Labute approximate surface area is 175 Å². The lowest BCUT2D eigenvalue weighted by Crippen LogP contribution is -2.49. The predicted molar refractivity (Wildman–Crippen MR) is 112 cm³/mol.